The number of nitrogens with one attached hydrogen (secondary N) is 1. The topological polar surface area (TPSA) is 58.4 Å². The van der Waals surface area contributed by atoms with E-state index in [1.165, 1.54) is 0 Å². The van der Waals surface area contributed by atoms with Crippen LogP contribution in [-0.2, 0) is 11.2 Å². The summed E-state index contributed by atoms with van der Waals surface area (Å²) in [6.07, 6.45) is 2.54. The largest absolute Gasteiger partial charge is 0.423 e. The number of halogens is 1. The molecule has 4 rings (SSSR count). The third-order valence-electron chi connectivity index (χ3n) is 4.71. The molecule has 26 heavy (non-hydrogen) atoms. The molecule has 1 aliphatic rings. The number of anilines is 1. The van der Waals surface area contributed by atoms with Crippen molar-refractivity contribution in [2.75, 3.05) is 18.0 Å². The molecule has 1 N–H and O–H groups in total. The first-order valence-corrected chi connectivity index (χ1v) is 9.23. The van der Waals surface area contributed by atoms with Crippen LogP contribution in [-0.4, -0.2) is 30.0 Å². The average molecular weight is 370 g/mol. The summed E-state index contributed by atoms with van der Waals surface area (Å²) in [5.74, 6) is 0.0266. The first-order valence-electron chi connectivity index (χ1n) is 8.85. The van der Waals surface area contributed by atoms with Gasteiger partial charge in [-0.25, -0.2) is 0 Å². The second-order valence-corrected chi connectivity index (χ2v) is 6.92. The average Bonchev–Trinajstić information content (AvgIpc) is 3.29. The lowest BCUT2D eigenvalue weighted by molar-refractivity contribution is -0.122. The van der Waals surface area contributed by atoms with Crippen LogP contribution in [0.15, 0.2) is 52.9 Å². The molecule has 1 fully saturated rings. The molecule has 1 unspecified atom stereocenters. The van der Waals surface area contributed by atoms with E-state index < -0.39 is 0 Å². The molecular formula is C20H20ClN3O2. The van der Waals surface area contributed by atoms with E-state index in [-0.39, 0.29) is 11.9 Å². The number of rotatable bonds is 5. The smallest absolute Gasteiger partial charge is 0.299 e. The molecule has 2 aromatic carbocycles. The highest BCUT2D eigenvalue weighted by atomic mass is 35.5. The Morgan fingerprint density at radius 1 is 1.23 bits per heavy atom. The summed E-state index contributed by atoms with van der Waals surface area (Å²) in [5.41, 5.74) is 2.71. The maximum absolute atomic E-state index is 12.6. The van der Waals surface area contributed by atoms with Gasteiger partial charge in [0.25, 0.3) is 6.01 Å². The second kappa shape index (κ2) is 7.38. The Labute approximate surface area is 157 Å². The standard InChI is InChI=1S/C20H20ClN3O2/c21-15-9-7-14(8-10-15)11-12-22-19(25)17-5-3-13-24(17)20-23-16-4-1-2-6-18(16)26-20/h1-2,4,6-10,17H,3,5,11-13H2,(H,22,25). The van der Waals surface area contributed by atoms with Crippen LogP contribution >= 0.6 is 11.6 Å². The molecule has 0 spiro atoms. The first-order chi connectivity index (χ1) is 12.7. The summed E-state index contributed by atoms with van der Waals surface area (Å²) in [5, 5.41) is 3.76. The van der Waals surface area contributed by atoms with E-state index in [9.17, 15) is 4.79 Å². The normalized spacial score (nSPS) is 17.0. The van der Waals surface area contributed by atoms with Gasteiger partial charge < -0.3 is 14.6 Å². The molecule has 1 aliphatic heterocycles. The van der Waals surface area contributed by atoms with Gasteiger partial charge in [-0.05, 0) is 49.1 Å². The molecule has 0 aliphatic carbocycles. The summed E-state index contributed by atoms with van der Waals surface area (Å²) in [6.45, 7) is 1.38. The molecular weight excluding hydrogens is 350 g/mol. The number of carbonyl (C=O) groups is 1. The fourth-order valence-electron chi connectivity index (χ4n) is 3.35. The number of fused-ring (bicyclic) bond motifs is 1. The molecule has 1 amide bonds. The Bertz CT molecular complexity index is 874. The Hall–Kier alpha value is -2.53. The van der Waals surface area contributed by atoms with Gasteiger partial charge in [0.1, 0.15) is 11.6 Å². The third-order valence-corrected chi connectivity index (χ3v) is 4.96. The van der Waals surface area contributed by atoms with Gasteiger partial charge in [-0.15, -0.1) is 0 Å². The van der Waals surface area contributed by atoms with E-state index in [2.05, 4.69) is 10.3 Å². The number of benzene rings is 2. The minimum Gasteiger partial charge on any atom is -0.423 e. The van der Waals surface area contributed by atoms with Crippen molar-refractivity contribution in [3.05, 3.63) is 59.1 Å². The van der Waals surface area contributed by atoms with Crippen molar-refractivity contribution in [3.63, 3.8) is 0 Å². The quantitative estimate of drug-likeness (QED) is 0.743. The Balaban J connectivity index is 1.39. The van der Waals surface area contributed by atoms with Crippen LogP contribution in [0.5, 0.6) is 0 Å². The van der Waals surface area contributed by atoms with Crippen LogP contribution in [0.3, 0.4) is 0 Å². The van der Waals surface area contributed by atoms with Crippen LogP contribution < -0.4 is 10.2 Å². The zero-order valence-corrected chi connectivity index (χ0v) is 15.1. The number of nitrogens with zero attached hydrogens (tertiary/aromatic N) is 2. The lowest BCUT2D eigenvalue weighted by atomic mass is 10.1. The van der Waals surface area contributed by atoms with Gasteiger partial charge in [0, 0.05) is 18.1 Å². The van der Waals surface area contributed by atoms with E-state index in [1.54, 1.807) is 0 Å². The lowest BCUT2D eigenvalue weighted by Gasteiger charge is -2.22. The van der Waals surface area contributed by atoms with Crippen LogP contribution in [0.1, 0.15) is 18.4 Å². The summed E-state index contributed by atoms with van der Waals surface area (Å²) in [4.78, 5) is 19.1. The second-order valence-electron chi connectivity index (χ2n) is 6.48. The van der Waals surface area contributed by atoms with Crippen molar-refractivity contribution < 1.29 is 9.21 Å². The number of hydrogen-bond donors (Lipinski definition) is 1. The highest BCUT2D eigenvalue weighted by molar-refractivity contribution is 6.30. The molecule has 0 saturated carbocycles. The molecule has 5 nitrogen and oxygen atoms in total. The summed E-state index contributed by atoms with van der Waals surface area (Å²) in [7, 11) is 0. The molecule has 1 aromatic heterocycles. The fraction of sp³-hybridized carbons (Fsp3) is 0.300. The molecule has 134 valence electrons. The fourth-order valence-corrected chi connectivity index (χ4v) is 3.48. The van der Waals surface area contributed by atoms with Crippen molar-refractivity contribution in [2.24, 2.45) is 0 Å². The predicted molar refractivity (Wildman–Crippen MR) is 103 cm³/mol. The number of hydrogen-bond acceptors (Lipinski definition) is 4. The van der Waals surface area contributed by atoms with Gasteiger partial charge in [0.15, 0.2) is 5.58 Å². The maximum atomic E-state index is 12.6. The molecule has 2 heterocycles. The Morgan fingerprint density at radius 3 is 2.85 bits per heavy atom. The van der Waals surface area contributed by atoms with Gasteiger partial charge in [0.05, 0.1) is 0 Å². The predicted octanol–water partition coefficient (Wildman–Crippen LogP) is 3.81. The highest BCUT2D eigenvalue weighted by Crippen LogP contribution is 2.28. The third kappa shape index (κ3) is 3.53. The summed E-state index contributed by atoms with van der Waals surface area (Å²) in [6, 6.07) is 15.7. The number of oxazole rings is 1. The molecule has 3 aromatic rings. The van der Waals surface area contributed by atoms with Crippen LogP contribution in [0.2, 0.25) is 5.02 Å². The molecule has 1 saturated heterocycles. The number of carbonyl (C=O) groups excluding carboxylic acids is 1. The lowest BCUT2D eigenvalue weighted by Crippen LogP contribution is -2.44. The van der Waals surface area contributed by atoms with Gasteiger partial charge in [0.2, 0.25) is 5.91 Å². The SMILES string of the molecule is O=C(NCCc1ccc(Cl)cc1)C1CCCN1c1nc2ccccc2o1. The number of para-hydroxylation sites is 2. The summed E-state index contributed by atoms with van der Waals surface area (Å²) < 4.78 is 5.84. The zero-order chi connectivity index (χ0) is 17.9. The van der Waals surface area contributed by atoms with Gasteiger partial charge in [-0.1, -0.05) is 35.9 Å². The molecule has 0 radical (unpaired) electrons. The van der Waals surface area contributed by atoms with Crippen molar-refractivity contribution in [1.29, 1.82) is 0 Å². The van der Waals surface area contributed by atoms with Crippen LogP contribution in [0.25, 0.3) is 11.1 Å². The Morgan fingerprint density at radius 2 is 2.04 bits per heavy atom. The zero-order valence-electron chi connectivity index (χ0n) is 14.3. The van der Waals surface area contributed by atoms with Crippen molar-refractivity contribution >= 4 is 34.6 Å². The number of aromatic nitrogens is 1. The monoisotopic (exact) mass is 369 g/mol. The minimum atomic E-state index is -0.228. The molecule has 1 atom stereocenters. The van der Waals surface area contributed by atoms with Crippen molar-refractivity contribution in [3.8, 4) is 0 Å². The van der Waals surface area contributed by atoms with Gasteiger partial charge in [-0.2, -0.15) is 4.98 Å². The first kappa shape index (κ1) is 16.9. The Kier molecular flexibility index (Phi) is 4.80. The van der Waals surface area contributed by atoms with E-state index in [0.717, 1.165) is 47.5 Å². The van der Waals surface area contributed by atoms with E-state index in [1.807, 2.05) is 53.4 Å². The van der Waals surface area contributed by atoms with Crippen LogP contribution in [0, 0.1) is 0 Å². The van der Waals surface area contributed by atoms with Crippen molar-refractivity contribution in [2.45, 2.75) is 25.3 Å². The van der Waals surface area contributed by atoms with E-state index in [0.29, 0.717) is 12.6 Å². The molecule has 6 heteroatoms. The minimum absolute atomic E-state index is 0.0266. The van der Waals surface area contributed by atoms with E-state index in [4.69, 9.17) is 16.0 Å². The number of amides is 1. The van der Waals surface area contributed by atoms with Crippen molar-refractivity contribution in [1.82, 2.24) is 10.3 Å². The van der Waals surface area contributed by atoms with Gasteiger partial charge >= 0.3 is 0 Å². The van der Waals surface area contributed by atoms with Gasteiger partial charge in [-0.3, -0.25) is 4.79 Å². The summed E-state index contributed by atoms with van der Waals surface area (Å²) >= 11 is 5.90. The highest BCUT2D eigenvalue weighted by Gasteiger charge is 2.33. The van der Waals surface area contributed by atoms with E-state index >= 15 is 0 Å². The maximum Gasteiger partial charge on any atom is 0.299 e. The van der Waals surface area contributed by atoms with Crippen LogP contribution in [0.4, 0.5) is 6.01 Å². The molecule has 0 bridgehead atoms.